The summed E-state index contributed by atoms with van der Waals surface area (Å²) in [6.45, 7) is 1.85. The number of benzene rings is 2. The molecule has 0 N–H and O–H groups in total. The average Bonchev–Trinajstić information content (AvgIpc) is 2.52. The van der Waals surface area contributed by atoms with Gasteiger partial charge >= 0.3 is 12.3 Å². The van der Waals surface area contributed by atoms with E-state index >= 15 is 0 Å². The minimum Gasteiger partial charge on any atom is -0.488 e. The number of hydrogen-bond donors (Lipinski definition) is 0. The van der Waals surface area contributed by atoms with Gasteiger partial charge in [0, 0.05) is 6.07 Å². The molecular weight excluding hydrogens is 325 g/mol. The zero-order valence-corrected chi connectivity index (χ0v) is 12.8. The molecule has 0 bridgehead atoms. The first-order chi connectivity index (χ1) is 11.4. The van der Waals surface area contributed by atoms with Gasteiger partial charge in [0.2, 0.25) is 0 Å². The van der Waals surface area contributed by atoms with Gasteiger partial charge in [-0.25, -0.2) is 4.79 Å². The number of halogens is 3. The first-order valence-corrected chi connectivity index (χ1v) is 7.12. The fourth-order valence-corrected chi connectivity index (χ4v) is 1.93. The highest BCUT2D eigenvalue weighted by atomic mass is 19.4. The monoisotopic (exact) mass is 340 g/mol. The number of carbonyl (C=O) groups is 1. The van der Waals surface area contributed by atoms with Crippen LogP contribution in [0.2, 0.25) is 0 Å². The third-order valence-electron chi connectivity index (χ3n) is 2.92. The lowest BCUT2D eigenvalue weighted by Gasteiger charge is -2.14. The second-order valence-corrected chi connectivity index (χ2v) is 4.70. The summed E-state index contributed by atoms with van der Waals surface area (Å²) in [5, 5.41) is 0. The maximum atomic E-state index is 12.3. The van der Waals surface area contributed by atoms with E-state index in [4.69, 9.17) is 9.47 Å². The highest BCUT2D eigenvalue weighted by Crippen LogP contribution is 2.30. The van der Waals surface area contributed by atoms with Gasteiger partial charge in [0.15, 0.2) is 0 Å². The second-order valence-electron chi connectivity index (χ2n) is 4.70. The number of esters is 1. The third-order valence-corrected chi connectivity index (χ3v) is 2.92. The Bertz CT molecular complexity index is 684. The van der Waals surface area contributed by atoms with E-state index in [0.717, 1.165) is 17.7 Å². The largest absolute Gasteiger partial charge is 0.573 e. The summed E-state index contributed by atoms with van der Waals surface area (Å²) in [5.74, 6) is -1.20. The van der Waals surface area contributed by atoms with Crippen LogP contribution in [0.15, 0.2) is 48.5 Å². The van der Waals surface area contributed by atoms with Crippen molar-refractivity contribution in [3.8, 4) is 11.5 Å². The van der Waals surface area contributed by atoms with Gasteiger partial charge in [-0.15, -0.1) is 13.2 Å². The summed E-state index contributed by atoms with van der Waals surface area (Å²) in [6.07, 6.45) is -4.83. The van der Waals surface area contributed by atoms with Crippen molar-refractivity contribution in [1.29, 1.82) is 0 Å². The first kappa shape index (κ1) is 17.7. The molecule has 24 heavy (non-hydrogen) atoms. The van der Waals surface area contributed by atoms with Crippen LogP contribution in [0.3, 0.4) is 0 Å². The van der Waals surface area contributed by atoms with Crippen LogP contribution >= 0.6 is 0 Å². The molecule has 0 unspecified atom stereocenters. The van der Waals surface area contributed by atoms with Crippen LogP contribution in [0, 0.1) is 0 Å². The summed E-state index contributed by atoms with van der Waals surface area (Å²) >= 11 is 0. The van der Waals surface area contributed by atoms with Crippen molar-refractivity contribution in [3.63, 3.8) is 0 Å². The van der Waals surface area contributed by atoms with Gasteiger partial charge in [0.25, 0.3) is 0 Å². The van der Waals surface area contributed by atoms with Crippen molar-refractivity contribution in [2.24, 2.45) is 0 Å². The van der Waals surface area contributed by atoms with Gasteiger partial charge in [-0.3, -0.25) is 0 Å². The summed E-state index contributed by atoms with van der Waals surface area (Å²) < 4.78 is 51.3. The van der Waals surface area contributed by atoms with Gasteiger partial charge in [0.05, 0.1) is 6.61 Å². The molecule has 0 radical (unpaired) electrons. The Morgan fingerprint density at radius 3 is 2.42 bits per heavy atom. The van der Waals surface area contributed by atoms with Crippen molar-refractivity contribution in [2.45, 2.75) is 19.9 Å². The van der Waals surface area contributed by atoms with Crippen molar-refractivity contribution in [3.05, 3.63) is 59.7 Å². The minimum absolute atomic E-state index is 0.0299. The molecule has 2 aromatic rings. The molecule has 0 heterocycles. The van der Waals surface area contributed by atoms with Gasteiger partial charge in [-0.1, -0.05) is 30.3 Å². The van der Waals surface area contributed by atoms with E-state index in [9.17, 15) is 18.0 Å². The highest BCUT2D eigenvalue weighted by molar-refractivity contribution is 5.92. The summed E-state index contributed by atoms with van der Waals surface area (Å²) in [5.41, 5.74) is 0.830. The molecule has 0 amide bonds. The Morgan fingerprint density at radius 1 is 1.08 bits per heavy atom. The zero-order valence-electron chi connectivity index (χ0n) is 12.8. The zero-order chi connectivity index (χ0) is 17.6. The quantitative estimate of drug-likeness (QED) is 0.734. The van der Waals surface area contributed by atoms with E-state index in [1.807, 2.05) is 6.07 Å². The molecule has 7 heteroatoms. The molecule has 0 fully saturated rings. The number of alkyl halides is 3. The Kier molecular flexibility index (Phi) is 5.68. The maximum absolute atomic E-state index is 12.3. The Balaban J connectivity index is 2.25. The maximum Gasteiger partial charge on any atom is 0.573 e. The smallest absolute Gasteiger partial charge is 0.488 e. The topological polar surface area (TPSA) is 44.8 Å². The van der Waals surface area contributed by atoms with E-state index in [2.05, 4.69) is 4.74 Å². The van der Waals surface area contributed by atoms with Crippen molar-refractivity contribution >= 4 is 5.97 Å². The summed E-state index contributed by atoms with van der Waals surface area (Å²) in [6, 6.07) is 12.2. The lowest BCUT2D eigenvalue weighted by atomic mass is 10.2. The molecule has 0 aliphatic carbocycles. The van der Waals surface area contributed by atoms with Gasteiger partial charge in [-0.05, 0) is 24.6 Å². The fraction of sp³-hybridized carbons (Fsp3) is 0.235. The van der Waals surface area contributed by atoms with E-state index in [1.54, 1.807) is 31.2 Å². The Labute approximate surface area is 136 Å². The van der Waals surface area contributed by atoms with E-state index in [-0.39, 0.29) is 24.5 Å². The third kappa shape index (κ3) is 5.19. The second kappa shape index (κ2) is 7.72. The molecule has 0 saturated carbocycles. The Hall–Kier alpha value is -2.70. The molecule has 0 saturated heterocycles. The van der Waals surface area contributed by atoms with Crippen LogP contribution in [0.4, 0.5) is 13.2 Å². The predicted octanol–water partition coefficient (Wildman–Crippen LogP) is 4.34. The molecule has 128 valence electrons. The van der Waals surface area contributed by atoms with Crippen molar-refractivity contribution in [2.75, 3.05) is 6.61 Å². The molecule has 0 aliphatic rings. The van der Waals surface area contributed by atoms with Crippen LogP contribution in [-0.4, -0.2) is 18.9 Å². The highest BCUT2D eigenvalue weighted by Gasteiger charge is 2.31. The SMILES string of the molecule is CCOC(=O)c1ccc(OC(F)(F)F)cc1OCc1ccccc1. The fourth-order valence-electron chi connectivity index (χ4n) is 1.93. The number of rotatable bonds is 6. The predicted molar refractivity (Wildman–Crippen MR) is 79.9 cm³/mol. The molecular formula is C17H15F3O4. The summed E-state index contributed by atoms with van der Waals surface area (Å²) in [7, 11) is 0. The molecule has 2 aromatic carbocycles. The minimum atomic E-state index is -4.83. The lowest BCUT2D eigenvalue weighted by Crippen LogP contribution is -2.17. The number of hydrogen-bond acceptors (Lipinski definition) is 4. The first-order valence-electron chi connectivity index (χ1n) is 7.12. The molecule has 0 atom stereocenters. The van der Waals surface area contributed by atoms with Crippen LogP contribution in [0.25, 0.3) is 0 Å². The van der Waals surface area contributed by atoms with Crippen LogP contribution in [0.1, 0.15) is 22.8 Å². The molecule has 2 rings (SSSR count). The van der Waals surface area contributed by atoms with E-state index in [0.29, 0.717) is 0 Å². The molecule has 0 spiro atoms. The van der Waals surface area contributed by atoms with Crippen molar-refractivity contribution in [1.82, 2.24) is 0 Å². The number of carbonyl (C=O) groups excluding carboxylic acids is 1. The van der Waals surface area contributed by atoms with Crippen LogP contribution in [0.5, 0.6) is 11.5 Å². The number of ether oxygens (including phenoxy) is 3. The Morgan fingerprint density at radius 2 is 1.79 bits per heavy atom. The van der Waals surface area contributed by atoms with Gasteiger partial charge in [0.1, 0.15) is 23.7 Å². The molecule has 0 aliphatic heterocycles. The van der Waals surface area contributed by atoms with Crippen LogP contribution < -0.4 is 9.47 Å². The molecule has 4 nitrogen and oxygen atoms in total. The average molecular weight is 340 g/mol. The summed E-state index contributed by atoms with van der Waals surface area (Å²) in [4.78, 5) is 11.9. The van der Waals surface area contributed by atoms with Crippen molar-refractivity contribution < 1.29 is 32.2 Å². The van der Waals surface area contributed by atoms with Gasteiger partial charge in [-0.2, -0.15) is 0 Å². The standard InChI is InChI=1S/C17H15F3O4/c1-2-22-16(21)14-9-8-13(24-17(18,19)20)10-15(14)23-11-12-6-4-3-5-7-12/h3-10H,2,11H2,1H3. The molecule has 0 aromatic heterocycles. The van der Waals surface area contributed by atoms with Gasteiger partial charge < -0.3 is 14.2 Å². The van der Waals surface area contributed by atoms with Crippen LogP contribution in [-0.2, 0) is 11.3 Å². The normalized spacial score (nSPS) is 11.0. The van der Waals surface area contributed by atoms with E-state index < -0.39 is 18.1 Å². The van der Waals surface area contributed by atoms with E-state index in [1.165, 1.54) is 6.07 Å². The lowest BCUT2D eigenvalue weighted by molar-refractivity contribution is -0.274.